The summed E-state index contributed by atoms with van der Waals surface area (Å²) in [5.74, 6) is 0.0689. The van der Waals surface area contributed by atoms with Gasteiger partial charge in [0.05, 0.1) is 26.0 Å². The Morgan fingerprint density at radius 1 is 1.13 bits per heavy atom. The van der Waals surface area contributed by atoms with Crippen LogP contribution in [0.15, 0.2) is 24.3 Å². The van der Waals surface area contributed by atoms with Crippen LogP contribution in [0.5, 0.6) is 11.9 Å². The first-order valence-corrected chi connectivity index (χ1v) is 7.47. The molecule has 23 heavy (non-hydrogen) atoms. The zero-order chi connectivity index (χ0) is 17.0. The fraction of sp³-hybridized carbons (Fsp3) is 0.389. The Morgan fingerprint density at radius 3 is 2.39 bits per heavy atom. The number of nitriles is 1. The van der Waals surface area contributed by atoms with Gasteiger partial charge in [0.1, 0.15) is 5.92 Å². The van der Waals surface area contributed by atoms with E-state index in [4.69, 9.17) is 9.47 Å². The lowest BCUT2D eigenvalue weighted by atomic mass is 9.89. The van der Waals surface area contributed by atoms with Crippen molar-refractivity contribution in [2.24, 2.45) is 0 Å². The van der Waals surface area contributed by atoms with E-state index in [2.05, 4.69) is 16.0 Å². The molecule has 0 radical (unpaired) electrons. The predicted molar refractivity (Wildman–Crippen MR) is 87.9 cm³/mol. The van der Waals surface area contributed by atoms with Crippen molar-refractivity contribution in [3.05, 3.63) is 46.6 Å². The second-order valence-corrected chi connectivity index (χ2v) is 5.65. The summed E-state index contributed by atoms with van der Waals surface area (Å²) in [7, 11) is 3.06. The summed E-state index contributed by atoms with van der Waals surface area (Å²) in [6, 6.07) is 10.4. The van der Waals surface area contributed by atoms with Gasteiger partial charge in [-0.05, 0) is 18.4 Å². The zero-order valence-corrected chi connectivity index (χ0v) is 14.1. The Bertz CT molecular complexity index is 736. The number of benzene rings is 1. The van der Waals surface area contributed by atoms with E-state index in [1.165, 1.54) is 7.11 Å². The Labute approximate surface area is 136 Å². The number of hydrogen-bond donors (Lipinski definition) is 0. The third-order valence-corrected chi connectivity index (χ3v) is 3.65. The predicted octanol–water partition coefficient (Wildman–Crippen LogP) is 3.58. The highest BCUT2D eigenvalue weighted by molar-refractivity contribution is 5.45. The van der Waals surface area contributed by atoms with Crippen molar-refractivity contribution in [2.75, 3.05) is 14.2 Å². The van der Waals surface area contributed by atoms with Crippen molar-refractivity contribution >= 4 is 0 Å². The van der Waals surface area contributed by atoms with E-state index in [1.807, 2.05) is 45.0 Å². The highest BCUT2D eigenvalue weighted by Gasteiger charge is 2.26. The molecule has 0 amide bonds. The minimum absolute atomic E-state index is 0.117. The van der Waals surface area contributed by atoms with Crippen LogP contribution < -0.4 is 9.47 Å². The number of methoxy groups -OCH3 is 2. The summed E-state index contributed by atoms with van der Waals surface area (Å²) in [6.07, 6.45) is 0. The van der Waals surface area contributed by atoms with Gasteiger partial charge in [-0.3, -0.25) is 0 Å². The lowest BCUT2D eigenvalue weighted by molar-refractivity contribution is 0.345. The zero-order valence-electron chi connectivity index (χ0n) is 14.1. The molecule has 0 bridgehead atoms. The Morgan fingerprint density at radius 2 is 1.87 bits per heavy atom. The highest BCUT2D eigenvalue weighted by atomic mass is 16.5. The molecule has 1 atom stereocenters. The minimum atomic E-state index is -0.502. The number of hydrogen-bond acceptors (Lipinski definition) is 5. The Balaban J connectivity index is 2.70. The van der Waals surface area contributed by atoms with Gasteiger partial charge in [0, 0.05) is 5.56 Å². The van der Waals surface area contributed by atoms with Gasteiger partial charge in [-0.2, -0.15) is 15.2 Å². The average Bonchev–Trinajstić information content (AvgIpc) is 2.54. The number of aryl methyl sites for hydroxylation is 1. The first kappa shape index (κ1) is 16.8. The van der Waals surface area contributed by atoms with Crippen LogP contribution in [0.4, 0.5) is 0 Å². The summed E-state index contributed by atoms with van der Waals surface area (Å²) in [5.41, 5.74) is 3.47. The maximum absolute atomic E-state index is 9.77. The van der Waals surface area contributed by atoms with Crippen LogP contribution in [0.2, 0.25) is 0 Å². The lowest BCUT2D eigenvalue weighted by Crippen LogP contribution is -2.12. The molecule has 0 spiro atoms. The molecule has 0 saturated carbocycles. The summed E-state index contributed by atoms with van der Waals surface area (Å²) in [4.78, 5) is 8.72. The van der Waals surface area contributed by atoms with Crippen LogP contribution in [0.3, 0.4) is 0 Å². The maximum Gasteiger partial charge on any atom is 0.319 e. The molecule has 0 aliphatic rings. The van der Waals surface area contributed by atoms with E-state index < -0.39 is 5.92 Å². The van der Waals surface area contributed by atoms with Crippen molar-refractivity contribution in [1.82, 2.24) is 9.97 Å². The minimum Gasteiger partial charge on any atom is -0.481 e. The molecule has 0 N–H and O–H groups in total. The fourth-order valence-corrected chi connectivity index (χ4v) is 2.60. The number of nitrogens with zero attached hydrogens (tertiary/aromatic N) is 3. The Hall–Kier alpha value is -2.61. The van der Waals surface area contributed by atoms with Gasteiger partial charge in [0.25, 0.3) is 0 Å². The third kappa shape index (κ3) is 3.42. The number of rotatable bonds is 5. The molecular weight excluding hydrogens is 290 g/mol. The fourth-order valence-electron chi connectivity index (χ4n) is 2.60. The molecule has 1 aromatic carbocycles. The van der Waals surface area contributed by atoms with E-state index >= 15 is 0 Å². The van der Waals surface area contributed by atoms with E-state index in [-0.39, 0.29) is 11.9 Å². The molecule has 2 rings (SSSR count). The van der Waals surface area contributed by atoms with Gasteiger partial charge in [-0.1, -0.05) is 43.7 Å². The lowest BCUT2D eigenvalue weighted by Gasteiger charge is -2.19. The van der Waals surface area contributed by atoms with Gasteiger partial charge in [0.2, 0.25) is 5.88 Å². The molecular formula is C18H21N3O2. The quantitative estimate of drug-likeness (QED) is 0.844. The molecule has 0 aliphatic carbocycles. The van der Waals surface area contributed by atoms with Gasteiger partial charge in [-0.25, -0.2) is 0 Å². The largest absolute Gasteiger partial charge is 0.481 e. The SMILES string of the molecule is COc1nc(OC)c(C(C)C)c(C(C#N)c2cccc(C)c2)n1. The molecule has 0 aliphatic heterocycles. The van der Waals surface area contributed by atoms with Gasteiger partial charge in [0.15, 0.2) is 0 Å². The van der Waals surface area contributed by atoms with E-state index in [0.29, 0.717) is 11.6 Å². The first-order valence-electron chi connectivity index (χ1n) is 7.47. The molecule has 0 saturated heterocycles. The van der Waals surface area contributed by atoms with Crippen molar-refractivity contribution in [2.45, 2.75) is 32.6 Å². The monoisotopic (exact) mass is 311 g/mol. The van der Waals surface area contributed by atoms with Crippen LogP contribution in [-0.2, 0) is 0 Å². The summed E-state index contributed by atoms with van der Waals surface area (Å²) >= 11 is 0. The molecule has 0 fully saturated rings. The summed E-state index contributed by atoms with van der Waals surface area (Å²) < 4.78 is 10.6. The molecule has 2 aromatic rings. The van der Waals surface area contributed by atoms with Gasteiger partial charge < -0.3 is 9.47 Å². The molecule has 1 heterocycles. The van der Waals surface area contributed by atoms with Crippen LogP contribution in [0.1, 0.15) is 48.1 Å². The van der Waals surface area contributed by atoms with Crippen LogP contribution in [-0.4, -0.2) is 24.2 Å². The van der Waals surface area contributed by atoms with Crippen molar-refractivity contribution in [3.8, 4) is 18.0 Å². The molecule has 5 heteroatoms. The maximum atomic E-state index is 9.77. The van der Waals surface area contributed by atoms with E-state index in [1.54, 1.807) is 7.11 Å². The van der Waals surface area contributed by atoms with Crippen molar-refractivity contribution in [1.29, 1.82) is 5.26 Å². The van der Waals surface area contributed by atoms with Crippen LogP contribution in [0.25, 0.3) is 0 Å². The first-order chi connectivity index (χ1) is 11.0. The van der Waals surface area contributed by atoms with Crippen LogP contribution >= 0.6 is 0 Å². The second-order valence-electron chi connectivity index (χ2n) is 5.65. The topological polar surface area (TPSA) is 68.0 Å². The van der Waals surface area contributed by atoms with E-state index in [9.17, 15) is 5.26 Å². The Kier molecular flexibility index (Phi) is 5.17. The smallest absolute Gasteiger partial charge is 0.319 e. The average molecular weight is 311 g/mol. The summed E-state index contributed by atoms with van der Waals surface area (Å²) in [5, 5.41) is 9.77. The highest BCUT2D eigenvalue weighted by Crippen LogP contribution is 2.35. The number of aromatic nitrogens is 2. The molecule has 120 valence electrons. The standard InChI is InChI=1S/C18H21N3O2/c1-11(2)15-16(20-18(23-5)21-17(15)22-4)14(10-19)13-8-6-7-12(3)9-13/h6-9,11,14H,1-5H3. The van der Waals surface area contributed by atoms with Gasteiger partial charge in [-0.15, -0.1) is 0 Å². The van der Waals surface area contributed by atoms with Crippen LogP contribution in [0, 0.1) is 18.3 Å². The summed E-state index contributed by atoms with van der Waals surface area (Å²) in [6.45, 7) is 6.06. The van der Waals surface area contributed by atoms with Crippen molar-refractivity contribution < 1.29 is 9.47 Å². The molecule has 1 unspecified atom stereocenters. The van der Waals surface area contributed by atoms with E-state index in [0.717, 1.165) is 16.7 Å². The normalized spacial score (nSPS) is 11.9. The van der Waals surface area contributed by atoms with Crippen molar-refractivity contribution in [3.63, 3.8) is 0 Å². The number of ether oxygens (including phenoxy) is 2. The molecule has 5 nitrogen and oxygen atoms in total. The molecule has 1 aromatic heterocycles. The van der Waals surface area contributed by atoms with Gasteiger partial charge >= 0.3 is 6.01 Å². The second kappa shape index (κ2) is 7.10. The third-order valence-electron chi connectivity index (χ3n) is 3.65.